The monoisotopic (exact) mass is 283 g/mol. The van der Waals surface area contributed by atoms with Gasteiger partial charge in [0.05, 0.1) is 13.0 Å². The normalized spacial score (nSPS) is 15.7. The fourth-order valence-corrected chi connectivity index (χ4v) is 1.68. The zero-order chi connectivity index (χ0) is 15.3. The second kappa shape index (κ2) is 6.54. The topological polar surface area (TPSA) is 72.9 Å². The molecule has 0 spiro atoms. The Morgan fingerprint density at radius 2 is 2.00 bits per heavy atom. The lowest BCUT2D eigenvalue weighted by Crippen LogP contribution is -2.37. The van der Waals surface area contributed by atoms with Crippen LogP contribution in [-0.4, -0.2) is 41.5 Å². The van der Waals surface area contributed by atoms with Crippen molar-refractivity contribution < 1.29 is 23.9 Å². The molecule has 1 aliphatic heterocycles. The maximum atomic E-state index is 11.9. The number of carbonyl (C=O) groups is 3. The van der Waals surface area contributed by atoms with E-state index >= 15 is 0 Å². The van der Waals surface area contributed by atoms with Gasteiger partial charge in [0.15, 0.2) is 5.78 Å². The smallest absolute Gasteiger partial charge is 0.414 e. The number of hydrogen-bond acceptors (Lipinski definition) is 5. The third kappa shape index (κ3) is 5.03. The van der Waals surface area contributed by atoms with Crippen LogP contribution in [-0.2, 0) is 19.1 Å². The fourth-order valence-electron chi connectivity index (χ4n) is 1.68. The van der Waals surface area contributed by atoms with Crippen molar-refractivity contribution in [3.05, 3.63) is 11.8 Å². The first-order valence-electron chi connectivity index (χ1n) is 6.62. The minimum absolute atomic E-state index is 0.119. The van der Waals surface area contributed by atoms with Gasteiger partial charge in [-0.05, 0) is 27.7 Å². The molecule has 0 N–H and O–H groups in total. The molecule has 1 amide bonds. The maximum absolute atomic E-state index is 11.9. The summed E-state index contributed by atoms with van der Waals surface area (Å²) in [5.41, 5.74) is -0.325. The summed E-state index contributed by atoms with van der Waals surface area (Å²) < 4.78 is 10.0. The van der Waals surface area contributed by atoms with Crippen molar-refractivity contribution in [1.29, 1.82) is 0 Å². The average molecular weight is 283 g/mol. The summed E-state index contributed by atoms with van der Waals surface area (Å²) in [6.45, 7) is 7.52. The van der Waals surface area contributed by atoms with Gasteiger partial charge in [-0.25, -0.2) is 4.79 Å². The maximum Gasteiger partial charge on any atom is 0.414 e. The molecule has 0 aliphatic carbocycles. The van der Waals surface area contributed by atoms with Crippen LogP contribution in [0.25, 0.3) is 0 Å². The van der Waals surface area contributed by atoms with Crippen LogP contribution < -0.4 is 0 Å². The lowest BCUT2D eigenvalue weighted by atomic mass is 10.0. The van der Waals surface area contributed by atoms with Gasteiger partial charge >= 0.3 is 12.1 Å². The Hall–Kier alpha value is -1.85. The summed E-state index contributed by atoms with van der Waals surface area (Å²) in [4.78, 5) is 36.4. The van der Waals surface area contributed by atoms with E-state index in [0.29, 0.717) is 0 Å². The summed E-state index contributed by atoms with van der Waals surface area (Å²) in [7, 11) is 0. The molecule has 20 heavy (non-hydrogen) atoms. The van der Waals surface area contributed by atoms with E-state index in [2.05, 4.69) is 0 Å². The van der Waals surface area contributed by atoms with E-state index in [1.54, 1.807) is 27.7 Å². The Labute approximate surface area is 118 Å². The van der Waals surface area contributed by atoms with Gasteiger partial charge in [0.2, 0.25) is 0 Å². The van der Waals surface area contributed by atoms with Gasteiger partial charge in [-0.1, -0.05) is 0 Å². The molecule has 0 radical (unpaired) electrons. The molecule has 0 fully saturated rings. The first kappa shape index (κ1) is 16.2. The summed E-state index contributed by atoms with van der Waals surface area (Å²) in [6, 6.07) is 0. The van der Waals surface area contributed by atoms with Crippen molar-refractivity contribution in [3.63, 3.8) is 0 Å². The zero-order valence-corrected chi connectivity index (χ0v) is 12.4. The molecule has 0 aromatic carbocycles. The van der Waals surface area contributed by atoms with Crippen LogP contribution in [0.1, 0.15) is 40.5 Å². The Morgan fingerprint density at radius 3 is 2.55 bits per heavy atom. The number of rotatable bonds is 3. The van der Waals surface area contributed by atoms with Gasteiger partial charge in [0.1, 0.15) is 5.60 Å². The summed E-state index contributed by atoms with van der Waals surface area (Å²) in [5.74, 6) is -0.615. The molecule has 0 saturated heterocycles. The number of Topliss-reactive ketones (excluding diaryl/α,β-unsaturated/α-hetero) is 1. The van der Waals surface area contributed by atoms with E-state index in [4.69, 9.17) is 9.47 Å². The van der Waals surface area contributed by atoms with E-state index in [0.717, 1.165) is 0 Å². The molecule has 6 heteroatoms. The molecule has 0 aromatic heterocycles. The SMILES string of the molecule is CCOC(=O)CC1=CN(C(=O)OC(C)(C)C)CCC1=O. The molecule has 112 valence electrons. The van der Waals surface area contributed by atoms with Crippen molar-refractivity contribution in [2.45, 2.75) is 46.1 Å². The van der Waals surface area contributed by atoms with E-state index in [1.165, 1.54) is 11.1 Å². The number of nitrogens with zero attached hydrogens (tertiary/aromatic N) is 1. The first-order valence-corrected chi connectivity index (χ1v) is 6.62. The van der Waals surface area contributed by atoms with Gasteiger partial charge in [-0.3, -0.25) is 14.5 Å². The van der Waals surface area contributed by atoms with Gasteiger partial charge in [0, 0.05) is 24.7 Å². The molecular weight excluding hydrogens is 262 g/mol. The predicted molar refractivity (Wildman–Crippen MR) is 71.9 cm³/mol. The first-order chi connectivity index (χ1) is 9.23. The summed E-state index contributed by atoms with van der Waals surface area (Å²) >= 11 is 0. The Kier molecular flexibility index (Phi) is 5.30. The Morgan fingerprint density at radius 1 is 1.35 bits per heavy atom. The van der Waals surface area contributed by atoms with Crippen LogP contribution >= 0.6 is 0 Å². The molecule has 0 saturated carbocycles. The number of ether oxygens (including phenoxy) is 2. The quantitative estimate of drug-likeness (QED) is 0.741. The molecule has 1 aliphatic rings. The highest BCUT2D eigenvalue weighted by Crippen LogP contribution is 2.18. The molecule has 1 heterocycles. The lowest BCUT2D eigenvalue weighted by Gasteiger charge is -2.27. The van der Waals surface area contributed by atoms with Crippen LogP contribution in [0, 0.1) is 0 Å². The zero-order valence-electron chi connectivity index (χ0n) is 12.4. The van der Waals surface area contributed by atoms with E-state index < -0.39 is 17.7 Å². The number of hydrogen-bond donors (Lipinski definition) is 0. The van der Waals surface area contributed by atoms with Crippen LogP contribution in [0.15, 0.2) is 11.8 Å². The van der Waals surface area contributed by atoms with Crippen molar-refractivity contribution in [2.75, 3.05) is 13.2 Å². The molecule has 6 nitrogen and oxygen atoms in total. The third-order valence-electron chi connectivity index (χ3n) is 2.52. The lowest BCUT2D eigenvalue weighted by molar-refractivity contribution is -0.143. The van der Waals surface area contributed by atoms with Crippen LogP contribution in [0.3, 0.4) is 0 Å². The van der Waals surface area contributed by atoms with Gasteiger partial charge in [-0.2, -0.15) is 0 Å². The third-order valence-corrected chi connectivity index (χ3v) is 2.52. The van der Waals surface area contributed by atoms with E-state index in [1.807, 2.05) is 0 Å². The van der Waals surface area contributed by atoms with Crippen molar-refractivity contribution >= 4 is 17.8 Å². The second-order valence-corrected chi connectivity index (χ2v) is 5.48. The number of esters is 1. The predicted octanol–water partition coefficient (Wildman–Crippen LogP) is 2.03. The van der Waals surface area contributed by atoms with Crippen LogP contribution in [0.2, 0.25) is 0 Å². The highest BCUT2D eigenvalue weighted by molar-refractivity contribution is 6.00. The second-order valence-electron chi connectivity index (χ2n) is 5.48. The van der Waals surface area contributed by atoms with Crippen molar-refractivity contribution in [3.8, 4) is 0 Å². The molecule has 0 unspecified atom stereocenters. The summed E-state index contributed by atoms with van der Waals surface area (Å²) in [5, 5.41) is 0. The molecule has 1 rings (SSSR count). The Bertz CT molecular complexity index is 433. The minimum atomic E-state index is -0.603. The Balaban J connectivity index is 2.75. The molecule has 0 aromatic rings. The van der Waals surface area contributed by atoms with Crippen molar-refractivity contribution in [2.24, 2.45) is 0 Å². The molecule has 0 bridgehead atoms. The van der Waals surface area contributed by atoms with E-state index in [-0.39, 0.29) is 37.3 Å². The van der Waals surface area contributed by atoms with Gasteiger partial charge in [0.25, 0.3) is 0 Å². The van der Waals surface area contributed by atoms with E-state index in [9.17, 15) is 14.4 Å². The number of ketones is 1. The standard InChI is InChI=1S/C14H21NO5/c1-5-19-12(17)8-10-9-15(7-6-11(10)16)13(18)20-14(2,3)4/h9H,5-8H2,1-4H3. The average Bonchev–Trinajstić information content (AvgIpc) is 2.30. The highest BCUT2D eigenvalue weighted by atomic mass is 16.6. The van der Waals surface area contributed by atoms with Gasteiger partial charge in [-0.15, -0.1) is 0 Å². The van der Waals surface area contributed by atoms with Crippen molar-refractivity contribution in [1.82, 2.24) is 4.90 Å². The fraction of sp³-hybridized carbons (Fsp3) is 0.643. The molecule has 0 atom stereocenters. The largest absolute Gasteiger partial charge is 0.466 e. The van der Waals surface area contributed by atoms with Crippen LogP contribution in [0.4, 0.5) is 4.79 Å². The molecular formula is C14H21NO5. The number of amides is 1. The number of carbonyl (C=O) groups excluding carboxylic acids is 3. The van der Waals surface area contributed by atoms with Gasteiger partial charge < -0.3 is 9.47 Å². The highest BCUT2D eigenvalue weighted by Gasteiger charge is 2.27. The van der Waals surface area contributed by atoms with Crippen LogP contribution in [0.5, 0.6) is 0 Å². The minimum Gasteiger partial charge on any atom is -0.466 e. The summed E-state index contributed by atoms with van der Waals surface area (Å²) in [6.07, 6.45) is 0.930.